The number of sulfonamides is 1. The first-order chi connectivity index (χ1) is 12.6. The topological polar surface area (TPSA) is 75.7 Å². The van der Waals surface area contributed by atoms with Crippen LogP contribution in [0.5, 0.6) is 5.75 Å². The Labute approximate surface area is 165 Å². The van der Waals surface area contributed by atoms with E-state index >= 15 is 0 Å². The quantitative estimate of drug-likeness (QED) is 0.752. The summed E-state index contributed by atoms with van der Waals surface area (Å²) in [6, 6.07) is 10.8. The smallest absolute Gasteiger partial charge is 0.248 e. The van der Waals surface area contributed by atoms with E-state index in [0.29, 0.717) is 34.3 Å². The number of hydrogen-bond acceptors (Lipinski definition) is 4. The summed E-state index contributed by atoms with van der Waals surface area (Å²) in [6.45, 7) is 5.68. The highest BCUT2D eigenvalue weighted by Crippen LogP contribution is 2.26. The van der Waals surface area contributed by atoms with Gasteiger partial charge in [-0.05, 0) is 62.7 Å². The van der Waals surface area contributed by atoms with Crippen LogP contribution in [0.2, 0.25) is 5.02 Å². The van der Waals surface area contributed by atoms with Crippen molar-refractivity contribution in [3.63, 3.8) is 0 Å². The molecule has 0 unspecified atom stereocenters. The van der Waals surface area contributed by atoms with Crippen LogP contribution in [0.1, 0.15) is 19.4 Å². The third-order valence-corrected chi connectivity index (χ3v) is 5.67. The van der Waals surface area contributed by atoms with Gasteiger partial charge in [0.25, 0.3) is 0 Å². The Morgan fingerprint density at radius 2 is 1.85 bits per heavy atom. The molecule has 0 saturated heterocycles. The molecule has 1 N–H and O–H groups in total. The zero-order valence-corrected chi connectivity index (χ0v) is 17.3. The largest absolute Gasteiger partial charge is 0.494 e. The van der Waals surface area contributed by atoms with E-state index in [1.807, 2.05) is 6.92 Å². The fraction of sp³-hybridized carbons (Fsp3) is 0.316. The first kappa shape index (κ1) is 21.1. The Bertz CT molecular complexity index is 914. The van der Waals surface area contributed by atoms with Gasteiger partial charge in [-0.15, -0.1) is 0 Å². The van der Waals surface area contributed by atoms with Gasteiger partial charge < -0.3 is 10.1 Å². The van der Waals surface area contributed by atoms with E-state index < -0.39 is 22.0 Å². The van der Waals surface area contributed by atoms with E-state index in [4.69, 9.17) is 16.3 Å². The highest BCUT2D eigenvalue weighted by atomic mass is 35.5. The molecule has 0 aliphatic rings. The Hall–Kier alpha value is -2.25. The summed E-state index contributed by atoms with van der Waals surface area (Å²) < 4.78 is 31.2. The summed E-state index contributed by atoms with van der Waals surface area (Å²) in [5.41, 5.74) is 1.64. The van der Waals surface area contributed by atoms with Gasteiger partial charge in [-0.3, -0.25) is 9.10 Å². The van der Waals surface area contributed by atoms with Crippen molar-refractivity contribution in [1.29, 1.82) is 0 Å². The molecule has 6 nitrogen and oxygen atoms in total. The van der Waals surface area contributed by atoms with Gasteiger partial charge in [-0.2, -0.15) is 0 Å². The molecule has 0 aliphatic heterocycles. The van der Waals surface area contributed by atoms with E-state index in [9.17, 15) is 13.2 Å². The number of amides is 1. The molecule has 0 saturated carbocycles. The van der Waals surface area contributed by atoms with Gasteiger partial charge in [-0.1, -0.05) is 17.7 Å². The van der Waals surface area contributed by atoms with Gasteiger partial charge in [0.2, 0.25) is 15.9 Å². The summed E-state index contributed by atoms with van der Waals surface area (Å²) in [5, 5.41) is 3.27. The Kier molecular flexibility index (Phi) is 6.73. The normalized spacial score (nSPS) is 12.3. The van der Waals surface area contributed by atoms with Gasteiger partial charge in [0.15, 0.2) is 0 Å². The van der Waals surface area contributed by atoms with Crippen molar-refractivity contribution in [3.05, 3.63) is 53.1 Å². The highest BCUT2D eigenvalue weighted by Gasteiger charge is 2.29. The minimum atomic E-state index is -3.69. The van der Waals surface area contributed by atoms with Gasteiger partial charge in [-0.25, -0.2) is 8.42 Å². The van der Waals surface area contributed by atoms with Crippen LogP contribution in [0.3, 0.4) is 0 Å². The zero-order valence-electron chi connectivity index (χ0n) is 15.7. The van der Waals surface area contributed by atoms with Crippen molar-refractivity contribution in [2.45, 2.75) is 26.8 Å². The molecule has 1 amide bonds. The van der Waals surface area contributed by atoms with Gasteiger partial charge in [0.05, 0.1) is 18.6 Å². The van der Waals surface area contributed by atoms with Crippen LogP contribution in [0.15, 0.2) is 42.5 Å². The summed E-state index contributed by atoms with van der Waals surface area (Å²) >= 11 is 6.08. The lowest BCUT2D eigenvalue weighted by molar-refractivity contribution is -0.116. The van der Waals surface area contributed by atoms with Gasteiger partial charge >= 0.3 is 0 Å². The molecule has 0 aliphatic carbocycles. The fourth-order valence-corrected chi connectivity index (χ4v) is 3.99. The number of carbonyl (C=O) groups excluding carboxylic acids is 1. The SMILES string of the molecule is CCOc1ccc(N([C@H](C)C(=O)Nc2cccc(Cl)c2C)S(C)(=O)=O)cc1. The molecule has 0 heterocycles. The number of nitrogens with zero attached hydrogens (tertiary/aromatic N) is 1. The van der Waals surface area contributed by atoms with Crippen molar-refractivity contribution in [3.8, 4) is 5.75 Å². The van der Waals surface area contributed by atoms with Crippen molar-refractivity contribution in [1.82, 2.24) is 0 Å². The third kappa shape index (κ3) is 5.14. The van der Waals surface area contributed by atoms with E-state index in [1.54, 1.807) is 49.4 Å². The summed E-state index contributed by atoms with van der Waals surface area (Å²) in [6.07, 6.45) is 1.07. The maximum Gasteiger partial charge on any atom is 0.248 e. The molecule has 0 spiro atoms. The number of rotatable bonds is 7. The van der Waals surface area contributed by atoms with Crippen molar-refractivity contribution >= 4 is 38.9 Å². The lowest BCUT2D eigenvalue weighted by Crippen LogP contribution is -2.45. The Balaban J connectivity index is 2.30. The molecule has 0 aromatic heterocycles. The zero-order chi connectivity index (χ0) is 20.2. The predicted molar refractivity (Wildman–Crippen MR) is 109 cm³/mol. The van der Waals surface area contributed by atoms with Crippen LogP contribution in [-0.4, -0.2) is 33.2 Å². The number of hydrogen-bond donors (Lipinski definition) is 1. The molecule has 1 atom stereocenters. The second-order valence-electron chi connectivity index (χ2n) is 6.06. The molecule has 2 aromatic carbocycles. The molecule has 2 rings (SSSR count). The number of halogens is 1. The number of ether oxygens (including phenoxy) is 1. The van der Waals surface area contributed by atoms with Crippen LogP contribution in [0.25, 0.3) is 0 Å². The minimum absolute atomic E-state index is 0.381. The van der Waals surface area contributed by atoms with Crippen LogP contribution >= 0.6 is 11.6 Å². The maximum absolute atomic E-state index is 12.7. The molecular weight excluding hydrogens is 388 g/mol. The maximum atomic E-state index is 12.7. The molecule has 146 valence electrons. The van der Waals surface area contributed by atoms with Crippen molar-refractivity contribution in [2.24, 2.45) is 0 Å². The van der Waals surface area contributed by atoms with Crippen molar-refractivity contribution in [2.75, 3.05) is 22.5 Å². The Morgan fingerprint density at radius 3 is 2.41 bits per heavy atom. The van der Waals surface area contributed by atoms with Crippen LogP contribution < -0.4 is 14.4 Å². The van der Waals surface area contributed by atoms with Gasteiger partial charge in [0.1, 0.15) is 11.8 Å². The summed E-state index contributed by atoms with van der Waals surface area (Å²) in [7, 11) is -3.69. The Morgan fingerprint density at radius 1 is 1.22 bits per heavy atom. The highest BCUT2D eigenvalue weighted by molar-refractivity contribution is 7.92. The lowest BCUT2D eigenvalue weighted by Gasteiger charge is -2.28. The molecule has 8 heteroatoms. The van der Waals surface area contributed by atoms with E-state index in [-0.39, 0.29) is 0 Å². The lowest BCUT2D eigenvalue weighted by atomic mass is 10.2. The summed E-state index contributed by atoms with van der Waals surface area (Å²) in [4.78, 5) is 12.7. The minimum Gasteiger partial charge on any atom is -0.494 e. The molecular formula is C19H23ClN2O4S. The average molecular weight is 411 g/mol. The predicted octanol–water partition coefficient (Wildman–Crippen LogP) is 3.84. The van der Waals surface area contributed by atoms with E-state index in [0.717, 1.165) is 10.6 Å². The molecule has 27 heavy (non-hydrogen) atoms. The van der Waals surface area contributed by atoms with Crippen LogP contribution in [0.4, 0.5) is 11.4 Å². The van der Waals surface area contributed by atoms with E-state index in [1.165, 1.54) is 6.92 Å². The molecule has 0 fully saturated rings. The monoisotopic (exact) mass is 410 g/mol. The van der Waals surface area contributed by atoms with Crippen molar-refractivity contribution < 1.29 is 17.9 Å². The summed E-state index contributed by atoms with van der Waals surface area (Å²) in [5.74, 6) is 0.168. The number of carbonyl (C=O) groups is 1. The van der Waals surface area contributed by atoms with Gasteiger partial charge in [0, 0.05) is 10.7 Å². The first-order valence-electron chi connectivity index (χ1n) is 8.43. The third-order valence-electron chi connectivity index (χ3n) is 4.02. The number of nitrogens with one attached hydrogen (secondary N) is 1. The first-order valence-corrected chi connectivity index (χ1v) is 10.7. The number of anilines is 2. The van der Waals surface area contributed by atoms with Crippen LogP contribution in [0, 0.1) is 6.92 Å². The number of benzene rings is 2. The van der Waals surface area contributed by atoms with E-state index in [2.05, 4.69) is 5.32 Å². The average Bonchev–Trinajstić information content (AvgIpc) is 2.59. The fourth-order valence-electron chi connectivity index (χ4n) is 2.64. The molecule has 0 radical (unpaired) electrons. The second-order valence-corrected chi connectivity index (χ2v) is 8.33. The second kappa shape index (κ2) is 8.63. The standard InChI is InChI=1S/C19H23ClN2O4S/c1-5-26-16-11-9-15(10-12-16)22(27(4,24)25)14(3)19(23)21-18-8-6-7-17(20)13(18)2/h6-12,14H,5H2,1-4H3,(H,21,23)/t14-/m1/s1. The molecule has 2 aromatic rings. The van der Waals surface area contributed by atoms with Crippen LogP contribution in [-0.2, 0) is 14.8 Å². The molecule has 0 bridgehead atoms.